The predicted octanol–water partition coefficient (Wildman–Crippen LogP) is 4.02. The minimum Gasteiger partial charge on any atom is -0.477 e. The molecule has 1 heterocycles. The van der Waals surface area contributed by atoms with Crippen LogP contribution < -0.4 is 0 Å². The number of thiophene rings is 1. The van der Waals surface area contributed by atoms with Crippen LogP contribution >= 0.6 is 23.1 Å². The van der Waals surface area contributed by atoms with Crippen LogP contribution in [0.15, 0.2) is 35.2 Å². The van der Waals surface area contributed by atoms with Crippen LogP contribution in [0.1, 0.15) is 14.5 Å². The third-order valence-electron chi connectivity index (χ3n) is 2.14. The van der Waals surface area contributed by atoms with E-state index in [1.807, 2.05) is 0 Å². The molecule has 0 bridgehead atoms. The highest BCUT2D eigenvalue weighted by molar-refractivity contribution is 7.98. The van der Waals surface area contributed by atoms with E-state index < -0.39 is 17.6 Å². The Bertz CT molecular complexity index is 581. The van der Waals surface area contributed by atoms with Crippen molar-refractivity contribution in [3.05, 3.63) is 51.7 Å². The number of hydrogen-bond donors (Lipinski definition) is 1. The lowest BCUT2D eigenvalue weighted by Crippen LogP contribution is -1.89. The van der Waals surface area contributed by atoms with Crippen molar-refractivity contribution in [2.45, 2.75) is 10.6 Å². The summed E-state index contributed by atoms with van der Waals surface area (Å²) in [5, 5.41) is 8.76. The number of benzene rings is 1. The van der Waals surface area contributed by atoms with Crippen molar-refractivity contribution in [1.82, 2.24) is 0 Å². The Morgan fingerprint density at radius 2 is 2.06 bits per heavy atom. The normalized spacial score (nSPS) is 10.6. The fraction of sp³-hybridized carbons (Fsp3) is 0.0833. The third kappa shape index (κ3) is 3.08. The first kappa shape index (κ1) is 13.0. The third-order valence-corrected chi connectivity index (χ3v) is 4.49. The van der Waals surface area contributed by atoms with Gasteiger partial charge >= 0.3 is 5.97 Å². The van der Waals surface area contributed by atoms with Gasteiger partial charge in [0.05, 0.1) is 0 Å². The molecule has 18 heavy (non-hydrogen) atoms. The molecule has 2 aromatic rings. The number of rotatable bonds is 4. The lowest BCUT2D eigenvalue weighted by atomic mass is 10.3. The minimum absolute atomic E-state index is 0.255. The molecule has 0 radical (unpaired) electrons. The van der Waals surface area contributed by atoms with E-state index in [0.717, 1.165) is 22.3 Å². The van der Waals surface area contributed by atoms with Gasteiger partial charge in [0.15, 0.2) is 0 Å². The fourth-order valence-corrected chi connectivity index (χ4v) is 3.12. The molecule has 1 aromatic heterocycles. The van der Waals surface area contributed by atoms with Gasteiger partial charge in [-0.25, -0.2) is 13.6 Å². The highest BCUT2D eigenvalue weighted by atomic mass is 32.2. The Morgan fingerprint density at radius 3 is 2.67 bits per heavy atom. The maximum absolute atomic E-state index is 13.3. The zero-order valence-corrected chi connectivity index (χ0v) is 10.7. The number of hydrogen-bond acceptors (Lipinski definition) is 3. The Morgan fingerprint density at radius 1 is 1.28 bits per heavy atom. The first-order valence-corrected chi connectivity index (χ1v) is 6.76. The van der Waals surface area contributed by atoms with Gasteiger partial charge in [-0.1, -0.05) is 0 Å². The van der Waals surface area contributed by atoms with Crippen LogP contribution in [0.4, 0.5) is 8.78 Å². The second-order valence-electron chi connectivity index (χ2n) is 3.43. The summed E-state index contributed by atoms with van der Waals surface area (Å²) >= 11 is 2.36. The van der Waals surface area contributed by atoms with Crippen LogP contribution in [-0.4, -0.2) is 11.1 Å². The molecule has 0 atom stereocenters. The fourth-order valence-electron chi connectivity index (χ4n) is 1.31. The number of aromatic carboxylic acids is 1. The molecule has 0 saturated heterocycles. The molecular formula is C12H8F2O2S2. The zero-order valence-electron chi connectivity index (χ0n) is 9.02. The van der Waals surface area contributed by atoms with Crippen molar-refractivity contribution in [3.63, 3.8) is 0 Å². The topological polar surface area (TPSA) is 37.3 Å². The van der Waals surface area contributed by atoms with E-state index in [9.17, 15) is 13.6 Å². The molecule has 0 saturated carbocycles. The molecule has 0 fully saturated rings. The molecule has 0 amide bonds. The quantitative estimate of drug-likeness (QED) is 0.863. The average molecular weight is 286 g/mol. The van der Waals surface area contributed by atoms with E-state index >= 15 is 0 Å². The smallest absolute Gasteiger partial charge is 0.345 e. The second kappa shape index (κ2) is 5.49. The molecule has 94 valence electrons. The molecule has 0 spiro atoms. The number of carboxylic acids is 1. The van der Waals surface area contributed by atoms with Crippen molar-refractivity contribution in [2.75, 3.05) is 0 Å². The molecule has 2 nitrogen and oxygen atoms in total. The van der Waals surface area contributed by atoms with Gasteiger partial charge in [-0.15, -0.1) is 23.1 Å². The van der Waals surface area contributed by atoms with Crippen LogP contribution in [0.5, 0.6) is 0 Å². The highest BCUT2D eigenvalue weighted by Crippen LogP contribution is 2.28. The average Bonchev–Trinajstić information content (AvgIpc) is 2.76. The molecule has 1 aromatic carbocycles. The SMILES string of the molecule is O=C(O)c1ccc(CSc2ccc(F)cc2F)s1. The molecule has 6 heteroatoms. The van der Waals surface area contributed by atoms with Crippen LogP contribution in [0, 0.1) is 11.6 Å². The Kier molecular flexibility index (Phi) is 3.98. The van der Waals surface area contributed by atoms with Crippen LogP contribution in [0.2, 0.25) is 0 Å². The standard InChI is InChI=1S/C12H8F2O2S2/c13-7-1-3-10(9(14)5-7)17-6-8-2-4-11(18-8)12(15)16/h1-5H,6H2,(H,15,16). The second-order valence-corrected chi connectivity index (χ2v) is 5.62. The van der Waals surface area contributed by atoms with Gasteiger partial charge in [0.1, 0.15) is 16.5 Å². The van der Waals surface area contributed by atoms with Crippen molar-refractivity contribution in [1.29, 1.82) is 0 Å². The van der Waals surface area contributed by atoms with E-state index in [1.165, 1.54) is 30.0 Å². The molecule has 0 aliphatic carbocycles. The van der Waals surface area contributed by atoms with E-state index in [0.29, 0.717) is 10.6 Å². The number of carboxylic acid groups (broad SMARTS) is 1. The molecule has 1 N–H and O–H groups in total. The van der Waals surface area contributed by atoms with Gasteiger partial charge in [-0.05, 0) is 24.3 Å². The maximum Gasteiger partial charge on any atom is 0.345 e. The first-order valence-electron chi connectivity index (χ1n) is 4.96. The van der Waals surface area contributed by atoms with Crippen LogP contribution in [-0.2, 0) is 5.75 Å². The largest absolute Gasteiger partial charge is 0.477 e. The van der Waals surface area contributed by atoms with Crippen molar-refractivity contribution < 1.29 is 18.7 Å². The lowest BCUT2D eigenvalue weighted by Gasteiger charge is -2.01. The molecule has 0 aliphatic rings. The predicted molar refractivity (Wildman–Crippen MR) is 67.2 cm³/mol. The summed E-state index contributed by atoms with van der Waals surface area (Å²) in [6, 6.07) is 6.62. The van der Waals surface area contributed by atoms with Crippen molar-refractivity contribution in [2.24, 2.45) is 0 Å². The summed E-state index contributed by atoms with van der Waals surface area (Å²) in [5.74, 6) is -1.72. The van der Waals surface area contributed by atoms with Gasteiger partial charge in [-0.3, -0.25) is 0 Å². The monoisotopic (exact) mass is 286 g/mol. The number of thioether (sulfide) groups is 1. The van der Waals surface area contributed by atoms with Gasteiger partial charge < -0.3 is 5.11 Å². The summed E-state index contributed by atoms with van der Waals surface area (Å²) in [6.07, 6.45) is 0. The van der Waals surface area contributed by atoms with Gasteiger partial charge in [0.25, 0.3) is 0 Å². The summed E-state index contributed by atoms with van der Waals surface area (Å²) in [4.78, 5) is 12.1. The van der Waals surface area contributed by atoms with Gasteiger partial charge in [-0.2, -0.15) is 0 Å². The van der Waals surface area contributed by atoms with Crippen molar-refractivity contribution >= 4 is 29.1 Å². The number of halogens is 2. The first-order chi connectivity index (χ1) is 8.56. The zero-order chi connectivity index (χ0) is 13.1. The summed E-state index contributed by atoms with van der Waals surface area (Å²) in [7, 11) is 0. The maximum atomic E-state index is 13.3. The summed E-state index contributed by atoms with van der Waals surface area (Å²) < 4.78 is 26.0. The minimum atomic E-state index is -0.968. The van der Waals surface area contributed by atoms with Gasteiger partial charge in [0.2, 0.25) is 0 Å². The summed E-state index contributed by atoms with van der Waals surface area (Å²) in [6.45, 7) is 0. The Balaban J connectivity index is 2.04. The number of carbonyl (C=O) groups is 1. The lowest BCUT2D eigenvalue weighted by molar-refractivity contribution is 0.0702. The molecule has 0 unspecified atom stereocenters. The Labute approximate surface area is 110 Å². The highest BCUT2D eigenvalue weighted by Gasteiger charge is 2.09. The van der Waals surface area contributed by atoms with E-state index in [1.54, 1.807) is 6.07 Å². The van der Waals surface area contributed by atoms with Gasteiger partial charge in [0, 0.05) is 21.6 Å². The summed E-state index contributed by atoms with van der Waals surface area (Å²) in [5.41, 5.74) is 0. The molecular weight excluding hydrogens is 278 g/mol. The van der Waals surface area contributed by atoms with Crippen LogP contribution in [0.25, 0.3) is 0 Å². The van der Waals surface area contributed by atoms with E-state index in [2.05, 4.69) is 0 Å². The molecule has 0 aliphatic heterocycles. The van der Waals surface area contributed by atoms with E-state index in [4.69, 9.17) is 5.11 Å². The van der Waals surface area contributed by atoms with E-state index in [-0.39, 0.29) is 4.88 Å². The Hall–Kier alpha value is -1.40. The molecule has 2 rings (SSSR count). The van der Waals surface area contributed by atoms with Crippen molar-refractivity contribution in [3.8, 4) is 0 Å². The van der Waals surface area contributed by atoms with Crippen LogP contribution in [0.3, 0.4) is 0 Å².